The summed E-state index contributed by atoms with van der Waals surface area (Å²) < 4.78 is 16.0. The van der Waals surface area contributed by atoms with Crippen molar-refractivity contribution >= 4 is 29.9 Å². The van der Waals surface area contributed by atoms with Crippen LogP contribution in [0.15, 0.2) is 53.5 Å². The molecule has 2 rings (SSSR count). The summed E-state index contributed by atoms with van der Waals surface area (Å²) in [6, 6.07) is 16.2. The average Bonchev–Trinajstić information content (AvgIpc) is 2.76. The second-order valence-electron chi connectivity index (χ2n) is 6.56. The van der Waals surface area contributed by atoms with Crippen molar-refractivity contribution in [3.8, 4) is 11.5 Å². The molecule has 0 bridgehead atoms. The molecule has 7 heteroatoms. The van der Waals surface area contributed by atoms with E-state index in [9.17, 15) is 0 Å². The summed E-state index contributed by atoms with van der Waals surface area (Å²) in [5.74, 6) is 2.56. The number of halogens is 1. The molecule has 0 saturated heterocycles. The van der Waals surface area contributed by atoms with Crippen molar-refractivity contribution in [3.63, 3.8) is 0 Å². The lowest BCUT2D eigenvalue weighted by atomic mass is 10.1. The van der Waals surface area contributed by atoms with Crippen molar-refractivity contribution in [2.75, 3.05) is 40.5 Å². The van der Waals surface area contributed by atoms with Gasteiger partial charge >= 0.3 is 0 Å². The maximum atomic E-state index is 5.76. The van der Waals surface area contributed by atoms with E-state index in [4.69, 9.17) is 19.2 Å². The second kappa shape index (κ2) is 15.8. The average molecular weight is 527 g/mol. The van der Waals surface area contributed by atoms with Crippen LogP contribution in [0.2, 0.25) is 0 Å². The minimum Gasteiger partial charge on any atom is -0.497 e. The summed E-state index contributed by atoms with van der Waals surface area (Å²) in [7, 11) is 3.38. The van der Waals surface area contributed by atoms with Gasteiger partial charge in [-0.25, -0.2) is 4.99 Å². The Hall–Kier alpha value is -2.00. The van der Waals surface area contributed by atoms with Gasteiger partial charge in [0.15, 0.2) is 5.96 Å². The lowest BCUT2D eigenvalue weighted by Crippen LogP contribution is -2.38. The van der Waals surface area contributed by atoms with Gasteiger partial charge in [-0.1, -0.05) is 24.3 Å². The smallest absolute Gasteiger partial charge is 0.191 e. The molecule has 2 aromatic rings. The maximum absolute atomic E-state index is 5.76. The summed E-state index contributed by atoms with van der Waals surface area (Å²) in [4.78, 5) is 4.69. The van der Waals surface area contributed by atoms with Gasteiger partial charge in [-0.2, -0.15) is 0 Å². The predicted octanol–water partition coefficient (Wildman–Crippen LogP) is 4.03. The standard InChI is InChI=1S/C23H33N3O3.HI/c1-4-24-23(25-14-13-19-9-11-21(28-3)12-10-19)26-18-20-7-5-8-22(17-20)29-16-6-15-27-2;/h5,7-12,17H,4,6,13-16,18H2,1-3H3,(H2,24,25,26);1H. The van der Waals surface area contributed by atoms with Crippen molar-refractivity contribution in [2.24, 2.45) is 4.99 Å². The van der Waals surface area contributed by atoms with E-state index in [1.165, 1.54) is 5.56 Å². The van der Waals surface area contributed by atoms with Crippen molar-refractivity contribution in [1.29, 1.82) is 0 Å². The van der Waals surface area contributed by atoms with Gasteiger partial charge in [0.2, 0.25) is 0 Å². The number of guanidine groups is 1. The maximum Gasteiger partial charge on any atom is 0.191 e. The van der Waals surface area contributed by atoms with E-state index in [0.717, 1.165) is 49.0 Å². The number of methoxy groups -OCH3 is 2. The molecule has 0 radical (unpaired) electrons. The Morgan fingerprint density at radius 3 is 2.43 bits per heavy atom. The molecular formula is C23H34IN3O3. The molecule has 6 nitrogen and oxygen atoms in total. The largest absolute Gasteiger partial charge is 0.497 e. The summed E-state index contributed by atoms with van der Waals surface area (Å²) in [5.41, 5.74) is 2.37. The third kappa shape index (κ3) is 10.2. The molecule has 0 amide bonds. The molecular weight excluding hydrogens is 493 g/mol. The number of benzene rings is 2. The van der Waals surface area contributed by atoms with Crippen LogP contribution in [0.1, 0.15) is 24.5 Å². The van der Waals surface area contributed by atoms with Gasteiger partial charge in [0.25, 0.3) is 0 Å². The first-order valence-electron chi connectivity index (χ1n) is 10.1. The van der Waals surface area contributed by atoms with Crippen LogP contribution in [0.3, 0.4) is 0 Å². The lowest BCUT2D eigenvalue weighted by molar-refractivity contribution is 0.172. The van der Waals surface area contributed by atoms with Gasteiger partial charge in [-0.15, -0.1) is 24.0 Å². The van der Waals surface area contributed by atoms with Crippen molar-refractivity contribution in [2.45, 2.75) is 26.3 Å². The number of rotatable bonds is 12. The minimum absolute atomic E-state index is 0. The first kappa shape index (κ1) is 26.0. The molecule has 0 spiro atoms. The highest BCUT2D eigenvalue weighted by Gasteiger charge is 2.01. The van der Waals surface area contributed by atoms with Crippen LogP contribution in [-0.4, -0.2) is 46.5 Å². The molecule has 0 aliphatic heterocycles. The highest BCUT2D eigenvalue weighted by Crippen LogP contribution is 2.14. The Labute approximate surface area is 197 Å². The third-order valence-corrected chi connectivity index (χ3v) is 4.29. The third-order valence-electron chi connectivity index (χ3n) is 4.29. The normalized spacial score (nSPS) is 10.8. The van der Waals surface area contributed by atoms with Gasteiger partial charge in [0.1, 0.15) is 11.5 Å². The van der Waals surface area contributed by atoms with E-state index in [0.29, 0.717) is 19.8 Å². The summed E-state index contributed by atoms with van der Waals surface area (Å²) in [6.07, 6.45) is 1.79. The number of nitrogens with one attached hydrogen (secondary N) is 2. The Morgan fingerprint density at radius 2 is 1.73 bits per heavy atom. The Morgan fingerprint density at radius 1 is 0.933 bits per heavy atom. The fraction of sp³-hybridized carbons (Fsp3) is 0.435. The first-order chi connectivity index (χ1) is 14.2. The number of hydrogen-bond acceptors (Lipinski definition) is 4. The predicted molar refractivity (Wildman–Crippen MR) is 133 cm³/mol. The zero-order valence-electron chi connectivity index (χ0n) is 18.1. The molecule has 0 saturated carbocycles. The Bertz CT molecular complexity index is 739. The van der Waals surface area contributed by atoms with Gasteiger partial charge in [-0.3, -0.25) is 0 Å². The van der Waals surface area contributed by atoms with Crippen LogP contribution in [0.25, 0.3) is 0 Å². The topological polar surface area (TPSA) is 64.1 Å². The summed E-state index contributed by atoms with van der Waals surface area (Å²) >= 11 is 0. The molecule has 0 atom stereocenters. The first-order valence-corrected chi connectivity index (χ1v) is 10.1. The van der Waals surface area contributed by atoms with E-state index in [1.807, 2.05) is 30.3 Å². The van der Waals surface area contributed by atoms with Crippen LogP contribution >= 0.6 is 24.0 Å². The highest BCUT2D eigenvalue weighted by atomic mass is 127. The van der Waals surface area contributed by atoms with Gasteiger partial charge in [0, 0.05) is 33.2 Å². The van der Waals surface area contributed by atoms with Gasteiger partial charge < -0.3 is 24.8 Å². The minimum atomic E-state index is 0. The second-order valence-corrected chi connectivity index (χ2v) is 6.56. The quantitative estimate of drug-likeness (QED) is 0.189. The molecule has 2 N–H and O–H groups in total. The number of nitrogens with zero attached hydrogens (tertiary/aromatic N) is 1. The van der Waals surface area contributed by atoms with E-state index in [-0.39, 0.29) is 24.0 Å². The van der Waals surface area contributed by atoms with Crippen LogP contribution in [0.4, 0.5) is 0 Å². The van der Waals surface area contributed by atoms with Crippen LogP contribution in [0, 0.1) is 0 Å². The highest BCUT2D eigenvalue weighted by molar-refractivity contribution is 14.0. The van der Waals surface area contributed by atoms with E-state index < -0.39 is 0 Å². The van der Waals surface area contributed by atoms with E-state index >= 15 is 0 Å². The fourth-order valence-electron chi connectivity index (χ4n) is 2.76. The van der Waals surface area contributed by atoms with Crippen molar-refractivity contribution < 1.29 is 14.2 Å². The molecule has 0 aliphatic rings. The van der Waals surface area contributed by atoms with Crippen molar-refractivity contribution in [1.82, 2.24) is 10.6 Å². The summed E-state index contributed by atoms with van der Waals surface area (Å²) in [6.45, 7) is 5.63. The number of ether oxygens (including phenoxy) is 3. The zero-order chi connectivity index (χ0) is 20.7. The molecule has 166 valence electrons. The number of aliphatic imine (C=N–C) groups is 1. The van der Waals surface area contributed by atoms with Crippen LogP contribution < -0.4 is 20.1 Å². The van der Waals surface area contributed by atoms with Gasteiger partial charge in [0.05, 0.1) is 20.3 Å². The zero-order valence-corrected chi connectivity index (χ0v) is 20.5. The molecule has 0 fully saturated rings. The molecule has 0 aromatic heterocycles. The monoisotopic (exact) mass is 527 g/mol. The van der Waals surface area contributed by atoms with E-state index in [2.05, 4.69) is 35.8 Å². The molecule has 30 heavy (non-hydrogen) atoms. The Balaban J connectivity index is 0.00000450. The SMILES string of the molecule is CCNC(=NCc1cccc(OCCCOC)c1)NCCc1ccc(OC)cc1.I. The Kier molecular flexibility index (Phi) is 13.7. The summed E-state index contributed by atoms with van der Waals surface area (Å²) in [5, 5.41) is 6.69. The molecule has 0 unspecified atom stereocenters. The van der Waals surface area contributed by atoms with Crippen molar-refractivity contribution in [3.05, 3.63) is 59.7 Å². The fourth-order valence-corrected chi connectivity index (χ4v) is 2.76. The molecule has 0 heterocycles. The molecule has 0 aliphatic carbocycles. The molecule has 2 aromatic carbocycles. The van der Waals surface area contributed by atoms with Crippen LogP contribution in [0.5, 0.6) is 11.5 Å². The number of hydrogen-bond donors (Lipinski definition) is 2. The van der Waals surface area contributed by atoms with Crippen LogP contribution in [-0.2, 0) is 17.7 Å². The van der Waals surface area contributed by atoms with E-state index in [1.54, 1.807) is 14.2 Å². The van der Waals surface area contributed by atoms with Gasteiger partial charge in [-0.05, 0) is 48.7 Å². The lowest BCUT2D eigenvalue weighted by Gasteiger charge is -2.12.